The Kier molecular flexibility index (Phi) is 12.2. The van der Waals surface area contributed by atoms with Crippen molar-refractivity contribution < 1.29 is 28.7 Å². The van der Waals surface area contributed by atoms with Crippen LogP contribution in [-0.2, 0) is 39.4 Å². The molecule has 1 aromatic carbocycles. The van der Waals surface area contributed by atoms with Gasteiger partial charge in [0.1, 0.15) is 0 Å². The number of alkyl halides is 2. The Hall–Kier alpha value is -2.47. The predicted molar refractivity (Wildman–Crippen MR) is 137 cm³/mol. The summed E-state index contributed by atoms with van der Waals surface area (Å²) in [4.78, 5) is 59.9. The Morgan fingerprint density at radius 3 is 1.77 bits per heavy atom. The van der Waals surface area contributed by atoms with E-state index < -0.39 is 17.7 Å². The van der Waals surface area contributed by atoms with Gasteiger partial charge in [0.2, 0.25) is 23.6 Å². The first kappa shape index (κ1) is 28.8. The molecule has 1 fully saturated rings. The first-order valence-electron chi connectivity index (χ1n) is 11.2. The van der Waals surface area contributed by atoms with Gasteiger partial charge >= 0.3 is 5.97 Å². The largest absolute Gasteiger partial charge is 0.469 e. The van der Waals surface area contributed by atoms with E-state index in [1.54, 1.807) is 0 Å². The molecule has 4 N–H and O–H groups in total. The first-order valence-corrected chi connectivity index (χ1v) is 13.4. The van der Waals surface area contributed by atoms with Gasteiger partial charge in [-0.05, 0) is 48.9 Å². The lowest BCUT2D eigenvalue weighted by atomic mass is 9.81. The molecule has 1 aliphatic rings. The van der Waals surface area contributed by atoms with Crippen molar-refractivity contribution >= 4 is 67.1 Å². The number of hydrogen-bond acceptors (Lipinski definition) is 6. The van der Waals surface area contributed by atoms with Crippen molar-refractivity contribution in [3.8, 4) is 0 Å². The van der Waals surface area contributed by atoms with Crippen LogP contribution >= 0.6 is 31.9 Å². The summed E-state index contributed by atoms with van der Waals surface area (Å²) in [5.41, 5.74) is 2.63. The van der Waals surface area contributed by atoms with Crippen molar-refractivity contribution in [3.63, 3.8) is 0 Å². The van der Waals surface area contributed by atoms with Crippen LogP contribution in [0.3, 0.4) is 0 Å². The van der Waals surface area contributed by atoms with Crippen LogP contribution in [0.5, 0.6) is 0 Å². The Morgan fingerprint density at radius 2 is 1.26 bits per heavy atom. The Balaban J connectivity index is 1.64. The Bertz CT molecular complexity index is 912. The fourth-order valence-corrected chi connectivity index (χ4v) is 4.39. The Morgan fingerprint density at radius 1 is 0.771 bits per heavy atom. The summed E-state index contributed by atoms with van der Waals surface area (Å²) in [6.45, 7) is -0.829. The van der Waals surface area contributed by atoms with Crippen LogP contribution in [0.15, 0.2) is 18.2 Å². The summed E-state index contributed by atoms with van der Waals surface area (Å²) >= 11 is 6.78. The maximum atomic E-state index is 12.3. The maximum Gasteiger partial charge on any atom is 0.308 e. The van der Waals surface area contributed by atoms with Gasteiger partial charge in [0.05, 0.1) is 32.7 Å². The summed E-state index contributed by atoms with van der Waals surface area (Å²) in [7, 11) is 1.35. The first-order chi connectivity index (χ1) is 16.7. The molecule has 0 unspecified atom stereocenters. The van der Waals surface area contributed by atoms with E-state index >= 15 is 0 Å². The molecule has 192 valence electrons. The zero-order valence-electron chi connectivity index (χ0n) is 19.5. The number of ether oxygens (including phenoxy) is 1. The number of carbonyl (C=O) groups excluding carboxylic acids is 5. The lowest BCUT2D eigenvalue weighted by Crippen LogP contribution is -2.44. The molecule has 0 aromatic heterocycles. The van der Waals surface area contributed by atoms with E-state index in [9.17, 15) is 24.0 Å². The maximum absolute atomic E-state index is 12.3. The molecule has 0 spiro atoms. The van der Waals surface area contributed by atoms with Gasteiger partial charge in [0, 0.05) is 22.3 Å². The van der Waals surface area contributed by atoms with Gasteiger partial charge in [0.15, 0.2) is 0 Å². The van der Waals surface area contributed by atoms with E-state index in [2.05, 4.69) is 53.1 Å². The summed E-state index contributed by atoms with van der Waals surface area (Å²) < 4.78 is 4.73. The number of esters is 1. The molecule has 0 atom stereocenters. The van der Waals surface area contributed by atoms with Crippen molar-refractivity contribution in [1.29, 1.82) is 0 Å². The molecular weight excluding hydrogens is 588 g/mol. The number of halogens is 2. The standard InChI is InChI=1S/C23H30Br2N4O6/c1-35-23(34)17-4-2-16(3-5-17)22(33)28-12-20(31)26-11-19(30)27-13-21(32)29-18-7-14(9-24)6-15(8-18)10-25/h6-8,16-17H,2-5,9-13H2,1H3,(H,26,31)(H,27,30)(H,28,33)(H,29,32). The Labute approximate surface area is 220 Å². The van der Waals surface area contributed by atoms with Crippen LogP contribution < -0.4 is 21.3 Å². The van der Waals surface area contributed by atoms with Crippen LogP contribution in [0.4, 0.5) is 5.69 Å². The molecule has 10 nitrogen and oxygen atoms in total. The van der Waals surface area contributed by atoms with Gasteiger partial charge in [-0.3, -0.25) is 24.0 Å². The van der Waals surface area contributed by atoms with Gasteiger partial charge in [0.25, 0.3) is 0 Å². The molecule has 0 saturated heterocycles. The third kappa shape index (κ3) is 9.96. The number of carbonyl (C=O) groups is 5. The fourth-order valence-electron chi connectivity index (χ4n) is 3.75. The monoisotopic (exact) mass is 616 g/mol. The van der Waals surface area contributed by atoms with Gasteiger partial charge in [-0.1, -0.05) is 37.9 Å². The third-order valence-corrected chi connectivity index (χ3v) is 6.89. The number of hydrogen-bond donors (Lipinski definition) is 4. The summed E-state index contributed by atoms with van der Waals surface area (Å²) in [5.74, 6) is -2.40. The van der Waals surface area contributed by atoms with Crippen molar-refractivity contribution in [1.82, 2.24) is 16.0 Å². The van der Waals surface area contributed by atoms with Gasteiger partial charge in [-0.2, -0.15) is 0 Å². The number of rotatable bonds is 11. The highest BCUT2D eigenvalue weighted by Crippen LogP contribution is 2.29. The van der Waals surface area contributed by atoms with E-state index in [0.29, 0.717) is 42.0 Å². The topological polar surface area (TPSA) is 143 Å². The number of amides is 4. The van der Waals surface area contributed by atoms with Crippen molar-refractivity contribution in [3.05, 3.63) is 29.3 Å². The highest BCUT2D eigenvalue weighted by Gasteiger charge is 2.30. The minimum atomic E-state index is -0.531. The van der Waals surface area contributed by atoms with Gasteiger partial charge in [-0.15, -0.1) is 0 Å². The van der Waals surface area contributed by atoms with E-state index in [-0.39, 0.29) is 43.3 Å². The summed E-state index contributed by atoms with van der Waals surface area (Å²) in [6, 6.07) is 5.67. The van der Waals surface area contributed by atoms with Crippen LogP contribution in [0.2, 0.25) is 0 Å². The van der Waals surface area contributed by atoms with Crippen molar-refractivity contribution in [2.75, 3.05) is 32.1 Å². The van der Waals surface area contributed by atoms with E-state index in [1.807, 2.05) is 18.2 Å². The van der Waals surface area contributed by atoms with E-state index in [4.69, 9.17) is 4.74 Å². The molecule has 2 rings (SSSR count). The molecule has 0 radical (unpaired) electrons. The zero-order valence-corrected chi connectivity index (χ0v) is 22.6. The molecule has 1 aromatic rings. The fraction of sp³-hybridized carbons (Fsp3) is 0.522. The molecule has 1 aliphatic carbocycles. The molecule has 35 heavy (non-hydrogen) atoms. The van der Waals surface area contributed by atoms with Crippen LogP contribution in [0.25, 0.3) is 0 Å². The molecule has 0 bridgehead atoms. The zero-order chi connectivity index (χ0) is 25.8. The smallest absolute Gasteiger partial charge is 0.308 e. The second kappa shape index (κ2) is 14.8. The number of nitrogens with one attached hydrogen (secondary N) is 4. The lowest BCUT2D eigenvalue weighted by Gasteiger charge is -2.25. The van der Waals surface area contributed by atoms with Crippen LogP contribution in [0, 0.1) is 11.8 Å². The van der Waals surface area contributed by atoms with Gasteiger partial charge in [-0.25, -0.2) is 0 Å². The predicted octanol–water partition coefficient (Wildman–Crippen LogP) is 1.74. The second-order valence-electron chi connectivity index (χ2n) is 8.20. The number of benzene rings is 1. The molecule has 0 heterocycles. The number of anilines is 1. The molecule has 4 amide bonds. The minimum Gasteiger partial charge on any atom is -0.469 e. The van der Waals surface area contributed by atoms with Gasteiger partial charge < -0.3 is 26.0 Å². The molecule has 1 saturated carbocycles. The quantitative estimate of drug-likeness (QED) is 0.220. The average Bonchev–Trinajstić information content (AvgIpc) is 2.88. The lowest BCUT2D eigenvalue weighted by molar-refractivity contribution is -0.147. The minimum absolute atomic E-state index is 0.181. The summed E-state index contributed by atoms with van der Waals surface area (Å²) in [6.07, 6.45) is 2.25. The summed E-state index contributed by atoms with van der Waals surface area (Å²) in [5, 5.41) is 11.4. The molecule has 12 heteroatoms. The number of methoxy groups -OCH3 is 1. The molecular formula is C23H30Br2N4O6. The van der Waals surface area contributed by atoms with Crippen molar-refractivity contribution in [2.45, 2.75) is 36.3 Å². The van der Waals surface area contributed by atoms with Crippen LogP contribution in [-0.4, -0.2) is 56.3 Å². The highest BCUT2D eigenvalue weighted by atomic mass is 79.9. The third-order valence-electron chi connectivity index (χ3n) is 5.59. The highest BCUT2D eigenvalue weighted by molar-refractivity contribution is 9.08. The van der Waals surface area contributed by atoms with E-state index in [1.165, 1.54) is 7.11 Å². The second-order valence-corrected chi connectivity index (χ2v) is 9.32. The normalized spacial score (nSPS) is 17.1. The van der Waals surface area contributed by atoms with Crippen LogP contribution in [0.1, 0.15) is 36.8 Å². The SMILES string of the molecule is COC(=O)C1CCC(C(=O)NCC(=O)NCC(=O)NCC(=O)Nc2cc(CBr)cc(CBr)c2)CC1. The average molecular weight is 618 g/mol. The van der Waals surface area contributed by atoms with Crippen molar-refractivity contribution in [2.24, 2.45) is 11.8 Å². The molecule has 0 aliphatic heterocycles. The van der Waals surface area contributed by atoms with E-state index in [0.717, 1.165) is 11.1 Å².